The van der Waals surface area contributed by atoms with Gasteiger partial charge in [0.1, 0.15) is 24.6 Å². The van der Waals surface area contributed by atoms with Crippen LogP contribution in [0.1, 0.15) is 24.2 Å². The minimum absolute atomic E-state index is 0.00402. The molecular weight excluding hydrogens is 286 g/mol. The van der Waals surface area contributed by atoms with Crippen LogP contribution >= 0.6 is 0 Å². The molecule has 1 aromatic carbocycles. The second-order valence-corrected chi connectivity index (χ2v) is 5.98. The van der Waals surface area contributed by atoms with Crippen LogP contribution < -0.4 is 10.1 Å². The van der Waals surface area contributed by atoms with Crippen molar-refractivity contribution in [3.05, 3.63) is 29.8 Å². The van der Waals surface area contributed by atoms with Crippen molar-refractivity contribution in [2.75, 3.05) is 20.3 Å². The maximum atomic E-state index is 11.4. The molecule has 6 heteroatoms. The molecule has 1 N–H and O–H groups in total. The Morgan fingerprint density at radius 3 is 2.73 bits per heavy atom. The lowest BCUT2D eigenvalue weighted by atomic mass is 10.1. The van der Waals surface area contributed by atoms with E-state index in [2.05, 4.69) is 10.1 Å². The van der Waals surface area contributed by atoms with Gasteiger partial charge in [-0.25, -0.2) is 4.79 Å². The number of esters is 1. The van der Waals surface area contributed by atoms with Crippen LogP contribution in [-0.2, 0) is 14.2 Å². The van der Waals surface area contributed by atoms with Gasteiger partial charge in [-0.1, -0.05) is 0 Å². The van der Waals surface area contributed by atoms with Crippen LogP contribution in [-0.4, -0.2) is 50.3 Å². The van der Waals surface area contributed by atoms with Gasteiger partial charge in [-0.3, -0.25) is 0 Å². The molecule has 3 rings (SSSR count). The summed E-state index contributed by atoms with van der Waals surface area (Å²) in [5.74, 6) is -0.181. The van der Waals surface area contributed by atoms with Gasteiger partial charge in [0.25, 0.3) is 0 Å². The Kier molecular flexibility index (Phi) is 4.08. The molecule has 2 aliphatic rings. The van der Waals surface area contributed by atoms with Crippen molar-refractivity contribution in [1.82, 2.24) is 5.32 Å². The topological polar surface area (TPSA) is 66.0 Å². The van der Waals surface area contributed by atoms with E-state index in [0.29, 0.717) is 17.9 Å². The van der Waals surface area contributed by atoms with E-state index >= 15 is 0 Å². The first-order valence-corrected chi connectivity index (χ1v) is 7.39. The molecule has 0 aliphatic carbocycles. The fourth-order valence-corrected chi connectivity index (χ4v) is 2.89. The smallest absolute Gasteiger partial charge is 0.337 e. The highest BCUT2D eigenvalue weighted by molar-refractivity contribution is 5.89. The quantitative estimate of drug-likeness (QED) is 0.847. The van der Waals surface area contributed by atoms with Crippen molar-refractivity contribution < 1.29 is 23.7 Å². The van der Waals surface area contributed by atoms with Gasteiger partial charge < -0.3 is 24.3 Å². The fourth-order valence-electron chi connectivity index (χ4n) is 2.89. The molecule has 2 heterocycles. The highest BCUT2D eigenvalue weighted by Crippen LogP contribution is 2.32. The van der Waals surface area contributed by atoms with Crippen LogP contribution in [0.25, 0.3) is 0 Å². The molecule has 1 aromatic rings. The van der Waals surface area contributed by atoms with E-state index in [1.165, 1.54) is 7.11 Å². The highest BCUT2D eigenvalue weighted by Gasteiger charge is 2.49. The minimum Gasteiger partial charge on any atom is -0.492 e. The zero-order valence-corrected chi connectivity index (χ0v) is 13.0. The summed E-state index contributed by atoms with van der Waals surface area (Å²) in [6.07, 6.45) is 0.0784. The molecule has 2 saturated heterocycles. The molecular formula is C16H21NO5. The van der Waals surface area contributed by atoms with Crippen LogP contribution in [0.15, 0.2) is 24.3 Å². The van der Waals surface area contributed by atoms with E-state index < -0.39 is 5.79 Å². The lowest BCUT2D eigenvalue weighted by Crippen LogP contribution is -2.39. The lowest BCUT2D eigenvalue weighted by Gasteiger charge is -2.22. The van der Waals surface area contributed by atoms with Crippen LogP contribution in [0.4, 0.5) is 0 Å². The highest BCUT2D eigenvalue weighted by atomic mass is 16.8. The molecule has 0 saturated carbocycles. The first-order chi connectivity index (χ1) is 10.5. The fraction of sp³-hybridized carbons (Fsp3) is 0.562. The summed E-state index contributed by atoms with van der Waals surface area (Å²) in [6.45, 7) is 5.10. The summed E-state index contributed by atoms with van der Waals surface area (Å²) in [5, 5.41) is 3.36. The zero-order chi connectivity index (χ0) is 15.7. The molecule has 0 bridgehead atoms. The van der Waals surface area contributed by atoms with Crippen molar-refractivity contribution in [3.8, 4) is 5.75 Å². The average molecular weight is 307 g/mol. The Balaban J connectivity index is 1.56. The number of hydrogen-bond donors (Lipinski definition) is 1. The van der Waals surface area contributed by atoms with E-state index in [-0.39, 0.29) is 24.2 Å². The molecule has 6 nitrogen and oxygen atoms in total. The third-order valence-corrected chi connectivity index (χ3v) is 3.90. The molecule has 0 unspecified atom stereocenters. The maximum absolute atomic E-state index is 11.4. The van der Waals surface area contributed by atoms with Crippen LogP contribution in [0.3, 0.4) is 0 Å². The lowest BCUT2D eigenvalue weighted by molar-refractivity contribution is -0.153. The van der Waals surface area contributed by atoms with Crippen LogP contribution in [0.2, 0.25) is 0 Å². The van der Waals surface area contributed by atoms with Gasteiger partial charge in [0.05, 0.1) is 18.7 Å². The SMILES string of the molecule is COC(=O)c1ccc(OC[C@H]2NC[C@@H]3OC(C)(C)O[C@@H]32)cc1. The van der Waals surface area contributed by atoms with E-state index in [1.807, 2.05) is 13.8 Å². The maximum Gasteiger partial charge on any atom is 0.337 e. The van der Waals surface area contributed by atoms with E-state index in [9.17, 15) is 4.79 Å². The summed E-state index contributed by atoms with van der Waals surface area (Å²) in [6, 6.07) is 6.98. The summed E-state index contributed by atoms with van der Waals surface area (Å²) in [4.78, 5) is 11.4. The largest absolute Gasteiger partial charge is 0.492 e. The number of nitrogens with one attached hydrogen (secondary N) is 1. The van der Waals surface area contributed by atoms with E-state index in [4.69, 9.17) is 14.2 Å². The predicted molar refractivity (Wildman–Crippen MR) is 78.9 cm³/mol. The third-order valence-electron chi connectivity index (χ3n) is 3.90. The van der Waals surface area contributed by atoms with Gasteiger partial charge in [0.2, 0.25) is 0 Å². The first-order valence-electron chi connectivity index (χ1n) is 7.39. The molecule has 0 radical (unpaired) electrons. The minimum atomic E-state index is -0.530. The van der Waals surface area contributed by atoms with Gasteiger partial charge >= 0.3 is 5.97 Å². The first kappa shape index (κ1) is 15.3. The van der Waals surface area contributed by atoms with Gasteiger partial charge in [-0.15, -0.1) is 0 Å². The predicted octanol–water partition coefficient (Wildman–Crippen LogP) is 1.34. The standard InChI is InChI=1S/C16H21NO5/c1-16(2)21-13-8-17-12(14(13)22-16)9-20-11-6-4-10(5-7-11)15(18)19-3/h4-7,12-14,17H,8-9H2,1-3H3/t12-,13+,14-/m1/s1. The molecule has 2 fully saturated rings. The molecule has 0 aromatic heterocycles. The van der Waals surface area contributed by atoms with Crippen LogP contribution in [0, 0.1) is 0 Å². The summed E-state index contributed by atoms with van der Waals surface area (Å²) in [7, 11) is 1.36. The Morgan fingerprint density at radius 2 is 2.05 bits per heavy atom. The number of benzene rings is 1. The second-order valence-electron chi connectivity index (χ2n) is 5.98. The molecule has 22 heavy (non-hydrogen) atoms. The number of ether oxygens (including phenoxy) is 4. The molecule has 120 valence electrons. The number of methoxy groups -OCH3 is 1. The normalized spacial score (nSPS) is 29.1. The third kappa shape index (κ3) is 3.09. The van der Waals surface area contributed by atoms with Crippen molar-refractivity contribution in [2.45, 2.75) is 37.9 Å². The molecule has 3 atom stereocenters. The number of carbonyl (C=O) groups is 1. The summed E-state index contributed by atoms with van der Waals surface area (Å²) >= 11 is 0. The monoisotopic (exact) mass is 307 g/mol. The summed E-state index contributed by atoms with van der Waals surface area (Å²) in [5.41, 5.74) is 0.503. The Labute approximate surface area is 129 Å². The van der Waals surface area contributed by atoms with Crippen molar-refractivity contribution in [2.24, 2.45) is 0 Å². The van der Waals surface area contributed by atoms with E-state index in [0.717, 1.165) is 6.54 Å². The second kappa shape index (κ2) is 5.87. The Morgan fingerprint density at radius 1 is 1.32 bits per heavy atom. The van der Waals surface area contributed by atoms with Gasteiger partial charge in [-0.2, -0.15) is 0 Å². The van der Waals surface area contributed by atoms with Crippen molar-refractivity contribution >= 4 is 5.97 Å². The van der Waals surface area contributed by atoms with Gasteiger partial charge in [-0.05, 0) is 38.1 Å². The van der Waals surface area contributed by atoms with Gasteiger partial charge in [0.15, 0.2) is 5.79 Å². The molecule has 0 amide bonds. The van der Waals surface area contributed by atoms with E-state index in [1.54, 1.807) is 24.3 Å². The number of rotatable bonds is 4. The summed E-state index contributed by atoms with van der Waals surface area (Å²) < 4.78 is 22.2. The van der Waals surface area contributed by atoms with Crippen molar-refractivity contribution in [1.29, 1.82) is 0 Å². The number of fused-ring (bicyclic) bond motifs is 1. The molecule has 2 aliphatic heterocycles. The van der Waals surface area contributed by atoms with Gasteiger partial charge in [0, 0.05) is 6.54 Å². The Bertz CT molecular complexity index is 542. The molecule has 0 spiro atoms. The Hall–Kier alpha value is -1.63. The number of hydrogen-bond acceptors (Lipinski definition) is 6. The van der Waals surface area contributed by atoms with Crippen molar-refractivity contribution in [3.63, 3.8) is 0 Å². The number of carbonyl (C=O) groups excluding carboxylic acids is 1. The zero-order valence-electron chi connectivity index (χ0n) is 13.0. The average Bonchev–Trinajstić information content (AvgIpc) is 3.00. The van der Waals surface area contributed by atoms with Crippen LogP contribution in [0.5, 0.6) is 5.75 Å².